The average molecular weight is 490 g/mol. The summed E-state index contributed by atoms with van der Waals surface area (Å²) in [6, 6.07) is 13.1. The summed E-state index contributed by atoms with van der Waals surface area (Å²) in [4.78, 5) is 26.9. The Balaban J connectivity index is 1.81. The molecule has 0 N–H and O–H groups in total. The van der Waals surface area contributed by atoms with E-state index in [9.17, 15) is 9.59 Å². The second-order valence-corrected chi connectivity index (χ2v) is 8.78. The number of imide groups is 1. The van der Waals surface area contributed by atoms with Gasteiger partial charge in [0.15, 0.2) is 11.5 Å². The molecule has 2 aromatic carbocycles. The molecule has 5 nitrogen and oxygen atoms in total. The summed E-state index contributed by atoms with van der Waals surface area (Å²) < 4.78 is 12.5. The normalized spacial score (nSPS) is 16.3. The fourth-order valence-electron chi connectivity index (χ4n) is 2.89. The third-order valence-electron chi connectivity index (χ3n) is 4.57. The first-order chi connectivity index (χ1) is 14.4. The number of carbonyl (C=O) groups is 2. The van der Waals surface area contributed by atoms with Gasteiger partial charge in [-0.3, -0.25) is 14.5 Å². The van der Waals surface area contributed by atoms with Crippen LogP contribution < -0.4 is 9.47 Å². The van der Waals surface area contributed by atoms with Gasteiger partial charge in [0.25, 0.3) is 11.1 Å². The van der Waals surface area contributed by atoms with Gasteiger partial charge in [0.1, 0.15) is 0 Å². The molecule has 0 bridgehead atoms. The van der Waals surface area contributed by atoms with Gasteiger partial charge in [-0.1, -0.05) is 41.1 Å². The molecule has 1 aliphatic heterocycles. The van der Waals surface area contributed by atoms with Crippen LogP contribution in [0.2, 0.25) is 0 Å². The first-order valence-corrected chi connectivity index (χ1v) is 11.5. The monoisotopic (exact) mass is 489 g/mol. The highest BCUT2D eigenvalue weighted by atomic mass is 79.9. The molecular formula is C23H24BrNO4S. The number of ether oxygens (including phenoxy) is 2. The van der Waals surface area contributed by atoms with Gasteiger partial charge < -0.3 is 9.47 Å². The van der Waals surface area contributed by atoms with Crippen LogP contribution in [0.15, 0.2) is 51.8 Å². The Bertz CT molecular complexity index is 975. The van der Waals surface area contributed by atoms with Crippen LogP contribution in [0.5, 0.6) is 11.5 Å². The zero-order chi connectivity index (χ0) is 21.7. The van der Waals surface area contributed by atoms with Crippen molar-refractivity contribution < 1.29 is 19.1 Å². The van der Waals surface area contributed by atoms with E-state index in [2.05, 4.69) is 22.9 Å². The van der Waals surface area contributed by atoms with E-state index in [-0.39, 0.29) is 23.8 Å². The molecule has 1 saturated heterocycles. The van der Waals surface area contributed by atoms with Crippen LogP contribution in [0, 0.1) is 0 Å². The van der Waals surface area contributed by atoms with E-state index in [0.717, 1.165) is 33.8 Å². The second-order valence-electron chi connectivity index (χ2n) is 6.87. The van der Waals surface area contributed by atoms with Crippen LogP contribution in [0.3, 0.4) is 0 Å². The summed E-state index contributed by atoms with van der Waals surface area (Å²) in [5.74, 6) is 1.01. The van der Waals surface area contributed by atoms with Crippen LogP contribution >= 0.6 is 27.7 Å². The summed E-state index contributed by atoms with van der Waals surface area (Å²) in [6.45, 7) is 6.72. The quantitative estimate of drug-likeness (QED) is 0.409. The number of carbonyl (C=O) groups excluding carboxylic acids is 2. The third-order valence-corrected chi connectivity index (χ3v) is 5.97. The zero-order valence-electron chi connectivity index (χ0n) is 17.2. The average Bonchev–Trinajstić information content (AvgIpc) is 2.97. The fourth-order valence-corrected chi connectivity index (χ4v) is 4.17. The number of nitrogens with zero attached hydrogens (tertiary/aromatic N) is 1. The van der Waals surface area contributed by atoms with Crippen molar-refractivity contribution in [3.05, 3.63) is 63.0 Å². The SMILES string of the molecule is CCOc1cc(/C=C2/SC(=O)N(Cc3cccc(Br)c3)C2=O)ccc1O[C@H](C)CC. The zero-order valence-corrected chi connectivity index (χ0v) is 19.6. The van der Waals surface area contributed by atoms with Crippen molar-refractivity contribution in [1.29, 1.82) is 0 Å². The Hall–Kier alpha value is -2.25. The summed E-state index contributed by atoms with van der Waals surface area (Å²) >= 11 is 4.37. The maximum Gasteiger partial charge on any atom is 0.293 e. The Morgan fingerprint density at radius 2 is 1.93 bits per heavy atom. The van der Waals surface area contributed by atoms with Gasteiger partial charge in [0.05, 0.1) is 24.2 Å². The Labute approximate surface area is 189 Å². The molecular weight excluding hydrogens is 466 g/mol. The molecule has 0 radical (unpaired) electrons. The maximum atomic E-state index is 12.8. The summed E-state index contributed by atoms with van der Waals surface area (Å²) in [7, 11) is 0. The van der Waals surface area contributed by atoms with E-state index in [4.69, 9.17) is 9.47 Å². The lowest BCUT2D eigenvalue weighted by atomic mass is 10.1. The molecule has 1 fully saturated rings. The summed E-state index contributed by atoms with van der Waals surface area (Å²) in [5.41, 5.74) is 1.67. The maximum absolute atomic E-state index is 12.8. The van der Waals surface area contributed by atoms with Gasteiger partial charge in [0, 0.05) is 4.47 Å². The van der Waals surface area contributed by atoms with Crippen LogP contribution in [-0.4, -0.2) is 28.8 Å². The molecule has 1 atom stereocenters. The number of benzene rings is 2. The molecule has 7 heteroatoms. The van der Waals surface area contributed by atoms with Crippen molar-refractivity contribution in [3.63, 3.8) is 0 Å². The van der Waals surface area contributed by atoms with Crippen molar-refractivity contribution in [2.24, 2.45) is 0 Å². The van der Waals surface area contributed by atoms with E-state index in [1.807, 2.05) is 56.3 Å². The number of thioether (sulfide) groups is 1. The predicted molar refractivity (Wildman–Crippen MR) is 124 cm³/mol. The molecule has 0 aromatic heterocycles. The van der Waals surface area contributed by atoms with E-state index >= 15 is 0 Å². The molecule has 0 aliphatic carbocycles. The molecule has 3 rings (SSSR count). The predicted octanol–water partition coefficient (Wildman–Crippen LogP) is 6.26. The van der Waals surface area contributed by atoms with Gasteiger partial charge >= 0.3 is 0 Å². The number of halogens is 1. The second kappa shape index (κ2) is 10.2. The van der Waals surface area contributed by atoms with E-state index in [0.29, 0.717) is 23.0 Å². The van der Waals surface area contributed by atoms with Crippen LogP contribution in [-0.2, 0) is 11.3 Å². The first-order valence-electron chi connectivity index (χ1n) is 9.84. The number of hydrogen-bond donors (Lipinski definition) is 0. The van der Waals surface area contributed by atoms with Crippen LogP contribution in [0.4, 0.5) is 4.79 Å². The molecule has 0 unspecified atom stereocenters. The van der Waals surface area contributed by atoms with Gasteiger partial charge in [-0.05, 0) is 73.5 Å². The van der Waals surface area contributed by atoms with Gasteiger partial charge in [-0.15, -0.1) is 0 Å². The highest BCUT2D eigenvalue weighted by molar-refractivity contribution is 9.10. The molecule has 0 saturated carbocycles. The number of amides is 2. The number of rotatable bonds is 8. The highest BCUT2D eigenvalue weighted by Gasteiger charge is 2.35. The minimum Gasteiger partial charge on any atom is -0.490 e. The van der Waals surface area contributed by atoms with Crippen molar-refractivity contribution in [1.82, 2.24) is 4.90 Å². The van der Waals surface area contributed by atoms with Crippen molar-refractivity contribution in [2.75, 3.05) is 6.61 Å². The van der Waals surface area contributed by atoms with Gasteiger partial charge in [0.2, 0.25) is 0 Å². The smallest absolute Gasteiger partial charge is 0.293 e. The summed E-state index contributed by atoms with van der Waals surface area (Å²) in [5, 5.41) is -0.270. The molecule has 1 aliphatic rings. The van der Waals surface area contributed by atoms with E-state index in [1.54, 1.807) is 6.08 Å². The Morgan fingerprint density at radius 1 is 1.13 bits per heavy atom. The first kappa shape index (κ1) is 22.4. The topological polar surface area (TPSA) is 55.8 Å². The third kappa shape index (κ3) is 5.46. The standard InChI is InChI=1S/C23H24BrNO4S/c1-4-15(3)29-19-10-9-16(12-20(19)28-5-2)13-21-22(26)25(23(27)30-21)14-17-7-6-8-18(24)11-17/h6-13,15H,4-5,14H2,1-3H3/b21-13+/t15-/m1/s1. The fraction of sp³-hybridized carbons (Fsp3) is 0.304. The minimum atomic E-state index is -0.289. The Morgan fingerprint density at radius 3 is 2.63 bits per heavy atom. The lowest BCUT2D eigenvalue weighted by Gasteiger charge is -2.16. The lowest BCUT2D eigenvalue weighted by molar-refractivity contribution is -0.123. The molecule has 0 spiro atoms. The molecule has 30 heavy (non-hydrogen) atoms. The highest BCUT2D eigenvalue weighted by Crippen LogP contribution is 2.36. The van der Waals surface area contributed by atoms with Crippen molar-refractivity contribution >= 4 is 44.9 Å². The number of hydrogen-bond acceptors (Lipinski definition) is 5. The lowest BCUT2D eigenvalue weighted by Crippen LogP contribution is -2.27. The van der Waals surface area contributed by atoms with Crippen molar-refractivity contribution in [2.45, 2.75) is 39.8 Å². The molecule has 2 amide bonds. The molecule has 158 valence electrons. The minimum absolute atomic E-state index is 0.0737. The summed E-state index contributed by atoms with van der Waals surface area (Å²) in [6.07, 6.45) is 2.68. The van der Waals surface area contributed by atoms with E-state index < -0.39 is 0 Å². The van der Waals surface area contributed by atoms with Crippen LogP contribution in [0.25, 0.3) is 6.08 Å². The largest absolute Gasteiger partial charge is 0.490 e. The Kier molecular flexibility index (Phi) is 7.61. The van der Waals surface area contributed by atoms with Crippen molar-refractivity contribution in [3.8, 4) is 11.5 Å². The van der Waals surface area contributed by atoms with E-state index in [1.165, 1.54) is 4.90 Å². The van der Waals surface area contributed by atoms with Gasteiger partial charge in [-0.25, -0.2) is 0 Å². The van der Waals surface area contributed by atoms with Crippen LogP contribution in [0.1, 0.15) is 38.3 Å². The molecule has 2 aromatic rings. The molecule has 1 heterocycles. The van der Waals surface area contributed by atoms with Gasteiger partial charge in [-0.2, -0.15) is 0 Å².